The smallest absolute Gasteiger partial charge is 0.126 e. The summed E-state index contributed by atoms with van der Waals surface area (Å²) < 4.78 is 5.80. The molecule has 0 heterocycles. The molecule has 3 unspecified atom stereocenters. The highest BCUT2D eigenvalue weighted by molar-refractivity contribution is 5.64. The van der Waals surface area contributed by atoms with E-state index in [2.05, 4.69) is 45.1 Å². The first-order valence-electron chi connectivity index (χ1n) is 12.3. The Hall–Kier alpha value is -2.00. The van der Waals surface area contributed by atoms with Gasteiger partial charge in [0.25, 0.3) is 0 Å². The lowest BCUT2D eigenvalue weighted by Gasteiger charge is -2.33. The van der Waals surface area contributed by atoms with E-state index >= 15 is 0 Å². The maximum Gasteiger partial charge on any atom is 0.126 e. The zero-order valence-corrected chi connectivity index (χ0v) is 20.4. The van der Waals surface area contributed by atoms with Crippen molar-refractivity contribution in [3.63, 3.8) is 0 Å². The molecule has 1 aliphatic rings. The number of aldehydes is 2. The number of hydrogen-bond acceptors (Lipinski definition) is 3. The van der Waals surface area contributed by atoms with Crippen molar-refractivity contribution in [2.75, 3.05) is 6.61 Å². The Balaban J connectivity index is 1.83. The quantitative estimate of drug-likeness (QED) is 0.164. The Morgan fingerprint density at radius 1 is 1.12 bits per heavy atom. The van der Waals surface area contributed by atoms with Crippen LogP contribution in [0.15, 0.2) is 53.6 Å². The minimum Gasteiger partial charge on any atom is -0.377 e. The van der Waals surface area contributed by atoms with Crippen molar-refractivity contribution in [3.05, 3.63) is 59.2 Å². The fourth-order valence-corrected chi connectivity index (χ4v) is 5.11. The molecular weight excluding hydrogens is 396 g/mol. The van der Waals surface area contributed by atoms with Crippen LogP contribution in [0, 0.1) is 17.3 Å². The molecule has 1 fully saturated rings. The third-order valence-corrected chi connectivity index (χ3v) is 6.95. The van der Waals surface area contributed by atoms with Gasteiger partial charge in [0.1, 0.15) is 12.6 Å². The molecule has 0 bridgehead atoms. The second-order valence-corrected chi connectivity index (χ2v) is 9.74. The Morgan fingerprint density at radius 3 is 2.59 bits per heavy atom. The molecule has 1 aromatic rings. The van der Waals surface area contributed by atoms with Crippen molar-refractivity contribution in [3.8, 4) is 0 Å². The monoisotopic (exact) mass is 438 g/mol. The lowest BCUT2D eigenvalue weighted by atomic mass is 9.69. The largest absolute Gasteiger partial charge is 0.377 e. The number of rotatable bonds is 15. The fraction of sp³-hybridized carbons (Fsp3) is 0.586. The van der Waals surface area contributed by atoms with Gasteiger partial charge in [0.15, 0.2) is 0 Å². The van der Waals surface area contributed by atoms with Crippen LogP contribution in [0.5, 0.6) is 0 Å². The average Bonchev–Trinajstić information content (AvgIpc) is 3.20. The highest BCUT2D eigenvalue weighted by Gasteiger charge is 2.45. The van der Waals surface area contributed by atoms with Crippen molar-refractivity contribution in [1.29, 1.82) is 0 Å². The van der Waals surface area contributed by atoms with Crippen molar-refractivity contribution >= 4 is 12.6 Å². The summed E-state index contributed by atoms with van der Waals surface area (Å²) in [4.78, 5) is 24.2. The fourth-order valence-electron chi connectivity index (χ4n) is 5.11. The van der Waals surface area contributed by atoms with Gasteiger partial charge in [-0.25, -0.2) is 0 Å². The van der Waals surface area contributed by atoms with Crippen LogP contribution in [0.2, 0.25) is 0 Å². The molecule has 2 rings (SSSR count). The van der Waals surface area contributed by atoms with Crippen LogP contribution in [-0.2, 0) is 20.9 Å². The van der Waals surface area contributed by atoms with Crippen LogP contribution in [0.4, 0.5) is 0 Å². The first-order chi connectivity index (χ1) is 15.5. The Bertz CT molecular complexity index is 745. The third kappa shape index (κ3) is 8.50. The third-order valence-electron chi connectivity index (χ3n) is 6.95. The maximum absolute atomic E-state index is 12.2. The predicted molar refractivity (Wildman–Crippen MR) is 132 cm³/mol. The van der Waals surface area contributed by atoms with Gasteiger partial charge in [0, 0.05) is 17.9 Å². The number of hydrogen-bond donors (Lipinski definition) is 0. The molecule has 1 aliphatic carbocycles. The van der Waals surface area contributed by atoms with Gasteiger partial charge in [0.2, 0.25) is 0 Å². The van der Waals surface area contributed by atoms with Gasteiger partial charge in [0.05, 0.1) is 6.61 Å². The molecular formula is C29H42O3. The first kappa shape index (κ1) is 26.3. The van der Waals surface area contributed by atoms with Crippen LogP contribution in [-0.4, -0.2) is 19.2 Å². The minimum atomic E-state index is -0.340. The summed E-state index contributed by atoms with van der Waals surface area (Å²) in [5, 5.41) is 0. The second-order valence-electron chi connectivity index (χ2n) is 9.74. The van der Waals surface area contributed by atoms with Gasteiger partial charge < -0.3 is 14.3 Å². The summed E-state index contributed by atoms with van der Waals surface area (Å²) in [6, 6.07) is 10.1. The molecule has 0 saturated heterocycles. The van der Waals surface area contributed by atoms with E-state index in [0.29, 0.717) is 13.2 Å². The molecule has 176 valence electrons. The minimum absolute atomic E-state index is 0.0502. The van der Waals surface area contributed by atoms with Crippen molar-refractivity contribution in [2.45, 2.75) is 85.2 Å². The highest BCUT2D eigenvalue weighted by Crippen LogP contribution is 2.49. The molecule has 0 spiro atoms. The second kappa shape index (κ2) is 14.2. The summed E-state index contributed by atoms with van der Waals surface area (Å²) in [6.07, 6.45) is 15.4. The van der Waals surface area contributed by atoms with Gasteiger partial charge in [-0.1, -0.05) is 60.1 Å². The first-order valence-corrected chi connectivity index (χ1v) is 12.3. The molecule has 0 amide bonds. The van der Waals surface area contributed by atoms with Crippen molar-refractivity contribution in [2.24, 2.45) is 17.3 Å². The number of ether oxygens (including phenoxy) is 1. The van der Waals surface area contributed by atoms with E-state index in [1.807, 2.05) is 18.2 Å². The van der Waals surface area contributed by atoms with Gasteiger partial charge in [-0.15, -0.1) is 0 Å². The van der Waals surface area contributed by atoms with E-state index in [1.165, 1.54) is 23.0 Å². The molecule has 3 heteroatoms. The standard InChI is InChI=1S/C29H42O3/c1-24(2)11-7-12-25(3)13-8-18-29(23-31)19-9-17-28(29)27(21-30)16-10-20-32-22-26-14-5-4-6-15-26/h4-6,11,13-15,21,23,27-28H,7-10,12,16-20,22H2,1-3H3/b25-13+. The van der Waals surface area contributed by atoms with E-state index in [1.54, 1.807) is 0 Å². The molecule has 0 aromatic heterocycles. The molecule has 3 nitrogen and oxygen atoms in total. The number of allylic oxidation sites excluding steroid dienone is 4. The average molecular weight is 439 g/mol. The number of benzene rings is 1. The maximum atomic E-state index is 12.2. The zero-order chi connectivity index (χ0) is 23.2. The Labute approximate surface area is 195 Å². The van der Waals surface area contributed by atoms with Crippen LogP contribution in [0.1, 0.15) is 84.1 Å². The van der Waals surface area contributed by atoms with E-state index in [-0.39, 0.29) is 17.3 Å². The highest BCUT2D eigenvalue weighted by atomic mass is 16.5. The summed E-state index contributed by atoms with van der Waals surface area (Å²) >= 11 is 0. The molecule has 3 atom stereocenters. The Morgan fingerprint density at radius 2 is 1.91 bits per heavy atom. The molecule has 0 radical (unpaired) electrons. The van der Waals surface area contributed by atoms with Crippen molar-refractivity contribution < 1.29 is 14.3 Å². The Kier molecular flexibility index (Phi) is 11.7. The molecule has 1 aromatic carbocycles. The van der Waals surface area contributed by atoms with Gasteiger partial charge in [-0.3, -0.25) is 0 Å². The van der Waals surface area contributed by atoms with Gasteiger partial charge >= 0.3 is 0 Å². The predicted octanol–water partition coefficient (Wildman–Crippen LogP) is 7.26. The van der Waals surface area contributed by atoms with Gasteiger partial charge in [-0.2, -0.15) is 0 Å². The summed E-state index contributed by atoms with van der Waals surface area (Å²) in [6.45, 7) is 7.70. The number of carbonyl (C=O) groups is 2. The van der Waals surface area contributed by atoms with Gasteiger partial charge in [-0.05, 0) is 83.6 Å². The normalized spacial score (nSPS) is 21.8. The van der Waals surface area contributed by atoms with E-state index in [0.717, 1.165) is 64.1 Å². The van der Waals surface area contributed by atoms with E-state index in [4.69, 9.17) is 4.74 Å². The SMILES string of the molecule is CC(C)=CCC/C(C)=C/CCC1(C=O)CCCC1C(C=O)CCCOCc1ccccc1. The van der Waals surface area contributed by atoms with Crippen LogP contribution >= 0.6 is 0 Å². The molecule has 32 heavy (non-hydrogen) atoms. The lowest BCUT2D eigenvalue weighted by Crippen LogP contribution is -2.33. The van der Waals surface area contributed by atoms with Crippen molar-refractivity contribution in [1.82, 2.24) is 0 Å². The summed E-state index contributed by atoms with van der Waals surface area (Å²) in [5.74, 6) is 0.122. The van der Waals surface area contributed by atoms with E-state index < -0.39 is 0 Å². The molecule has 1 saturated carbocycles. The van der Waals surface area contributed by atoms with Crippen LogP contribution in [0.25, 0.3) is 0 Å². The zero-order valence-electron chi connectivity index (χ0n) is 20.4. The molecule has 0 aliphatic heterocycles. The van der Waals surface area contributed by atoms with E-state index in [9.17, 15) is 9.59 Å². The molecule has 0 N–H and O–H groups in total. The van der Waals surface area contributed by atoms with Crippen LogP contribution < -0.4 is 0 Å². The number of carbonyl (C=O) groups excluding carboxylic acids is 2. The summed E-state index contributed by atoms with van der Waals surface area (Å²) in [5.41, 5.74) is 3.57. The lowest BCUT2D eigenvalue weighted by molar-refractivity contribution is -0.122. The summed E-state index contributed by atoms with van der Waals surface area (Å²) in [7, 11) is 0. The topological polar surface area (TPSA) is 43.4 Å². The van der Waals surface area contributed by atoms with Crippen LogP contribution in [0.3, 0.4) is 0 Å².